The van der Waals surface area contributed by atoms with Gasteiger partial charge in [0.05, 0.1) is 11.7 Å². The number of rotatable bonds is 1. The Kier molecular flexibility index (Phi) is 2.13. The van der Waals surface area contributed by atoms with E-state index in [1.54, 1.807) is 10.9 Å². The van der Waals surface area contributed by atoms with Gasteiger partial charge in [-0.2, -0.15) is 5.10 Å². The summed E-state index contributed by atoms with van der Waals surface area (Å²) in [5.41, 5.74) is 0.718. The van der Waals surface area contributed by atoms with Crippen molar-refractivity contribution in [3.8, 4) is 5.75 Å². The van der Waals surface area contributed by atoms with Crippen LogP contribution in [0.3, 0.4) is 0 Å². The number of hydrogen-bond donors (Lipinski definition) is 1. The number of aromatic hydroxyl groups is 1. The van der Waals surface area contributed by atoms with Gasteiger partial charge < -0.3 is 5.11 Å². The van der Waals surface area contributed by atoms with Gasteiger partial charge in [-0.25, -0.2) is 0 Å². The lowest BCUT2D eigenvalue weighted by Crippen LogP contribution is -2.22. The summed E-state index contributed by atoms with van der Waals surface area (Å²) in [6.45, 7) is 8.14. The number of hydrogen-bond acceptors (Lipinski definition) is 2. The Balaban J connectivity index is 3.05. The quantitative estimate of drug-likeness (QED) is 0.695. The van der Waals surface area contributed by atoms with Gasteiger partial charge in [0.25, 0.3) is 0 Å². The minimum absolute atomic E-state index is 0.0507. The molecule has 1 rings (SSSR count). The smallest absolute Gasteiger partial charge is 0.156 e. The molecule has 3 heteroatoms. The van der Waals surface area contributed by atoms with Crippen molar-refractivity contribution in [2.24, 2.45) is 0 Å². The Bertz CT molecular complexity index is 271. The standard InChI is InChI=1S/C9H16N2O/c1-5-7-8(12)6-11(10-7)9(2,3)4/h6,12H,5H2,1-4H3. The average Bonchev–Trinajstić information content (AvgIpc) is 2.29. The van der Waals surface area contributed by atoms with Crippen LogP contribution in [-0.2, 0) is 12.0 Å². The van der Waals surface area contributed by atoms with Crippen LogP contribution in [0.25, 0.3) is 0 Å². The van der Waals surface area contributed by atoms with Crippen molar-refractivity contribution in [1.29, 1.82) is 0 Å². The fraction of sp³-hybridized carbons (Fsp3) is 0.667. The van der Waals surface area contributed by atoms with Crippen molar-refractivity contribution in [2.75, 3.05) is 0 Å². The van der Waals surface area contributed by atoms with Gasteiger partial charge in [0.2, 0.25) is 0 Å². The van der Waals surface area contributed by atoms with Crippen LogP contribution in [0.15, 0.2) is 6.20 Å². The first kappa shape index (κ1) is 9.10. The van der Waals surface area contributed by atoms with Gasteiger partial charge in [0.1, 0.15) is 5.69 Å². The highest BCUT2D eigenvalue weighted by Gasteiger charge is 2.16. The van der Waals surface area contributed by atoms with Crippen LogP contribution in [0.5, 0.6) is 5.75 Å². The van der Waals surface area contributed by atoms with Gasteiger partial charge in [0, 0.05) is 0 Å². The van der Waals surface area contributed by atoms with Crippen LogP contribution in [-0.4, -0.2) is 14.9 Å². The molecule has 3 nitrogen and oxygen atoms in total. The molecule has 0 saturated carbocycles. The van der Waals surface area contributed by atoms with E-state index < -0.39 is 0 Å². The minimum atomic E-state index is -0.0507. The van der Waals surface area contributed by atoms with Crippen LogP contribution in [0.1, 0.15) is 33.4 Å². The largest absolute Gasteiger partial charge is 0.504 e. The van der Waals surface area contributed by atoms with E-state index in [9.17, 15) is 5.11 Å². The van der Waals surface area contributed by atoms with Gasteiger partial charge in [-0.1, -0.05) is 6.92 Å². The zero-order chi connectivity index (χ0) is 9.35. The van der Waals surface area contributed by atoms with E-state index in [4.69, 9.17) is 0 Å². The highest BCUT2D eigenvalue weighted by Crippen LogP contribution is 2.20. The van der Waals surface area contributed by atoms with Gasteiger partial charge in [0.15, 0.2) is 5.75 Å². The van der Waals surface area contributed by atoms with E-state index in [1.165, 1.54) is 0 Å². The predicted molar refractivity (Wildman–Crippen MR) is 48.3 cm³/mol. The molecule has 12 heavy (non-hydrogen) atoms. The van der Waals surface area contributed by atoms with Crippen LogP contribution in [0.2, 0.25) is 0 Å². The summed E-state index contributed by atoms with van der Waals surface area (Å²) in [7, 11) is 0. The highest BCUT2D eigenvalue weighted by molar-refractivity contribution is 5.22. The number of aryl methyl sites for hydroxylation is 1. The van der Waals surface area contributed by atoms with Crippen molar-refractivity contribution < 1.29 is 5.11 Å². The van der Waals surface area contributed by atoms with Crippen molar-refractivity contribution in [3.63, 3.8) is 0 Å². The molecular formula is C9H16N2O. The first-order valence-corrected chi connectivity index (χ1v) is 4.23. The molecule has 1 N–H and O–H groups in total. The second kappa shape index (κ2) is 2.81. The molecule has 1 aromatic rings. The fourth-order valence-corrected chi connectivity index (χ4v) is 0.996. The molecule has 0 aliphatic rings. The zero-order valence-electron chi connectivity index (χ0n) is 8.13. The summed E-state index contributed by atoms with van der Waals surface area (Å²) in [5, 5.41) is 13.7. The molecule has 1 aromatic heterocycles. The Morgan fingerprint density at radius 1 is 1.50 bits per heavy atom. The van der Waals surface area contributed by atoms with E-state index in [0.29, 0.717) is 5.75 Å². The molecule has 0 saturated heterocycles. The van der Waals surface area contributed by atoms with Gasteiger partial charge in [-0.05, 0) is 27.2 Å². The molecule has 0 radical (unpaired) electrons. The second-order valence-electron chi connectivity index (χ2n) is 3.93. The Morgan fingerprint density at radius 2 is 2.08 bits per heavy atom. The molecule has 0 spiro atoms. The molecule has 0 aromatic carbocycles. The lowest BCUT2D eigenvalue weighted by atomic mass is 10.1. The first-order valence-electron chi connectivity index (χ1n) is 4.23. The predicted octanol–water partition coefficient (Wildman–Crippen LogP) is 1.91. The minimum Gasteiger partial charge on any atom is -0.504 e. The fourth-order valence-electron chi connectivity index (χ4n) is 0.996. The van der Waals surface area contributed by atoms with Crippen molar-refractivity contribution >= 4 is 0 Å². The summed E-state index contributed by atoms with van der Waals surface area (Å²) in [6.07, 6.45) is 2.45. The summed E-state index contributed by atoms with van der Waals surface area (Å²) < 4.78 is 1.79. The monoisotopic (exact) mass is 168 g/mol. The van der Waals surface area contributed by atoms with Crippen LogP contribution >= 0.6 is 0 Å². The van der Waals surface area contributed by atoms with E-state index in [1.807, 2.05) is 6.92 Å². The lowest BCUT2D eigenvalue weighted by molar-refractivity contribution is 0.351. The molecule has 0 unspecified atom stereocenters. The van der Waals surface area contributed by atoms with Crippen molar-refractivity contribution in [2.45, 2.75) is 39.7 Å². The Hall–Kier alpha value is -0.990. The van der Waals surface area contributed by atoms with Crippen LogP contribution < -0.4 is 0 Å². The number of nitrogens with zero attached hydrogens (tertiary/aromatic N) is 2. The topological polar surface area (TPSA) is 38.0 Å². The zero-order valence-corrected chi connectivity index (χ0v) is 8.13. The molecule has 0 aliphatic carbocycles. The van der Waals surface area contributed by atoms with E-state index >= 15 is 0 Å². The molecule has 1 heterocycles. The van der Waals surface area contributed by atoms with Gasteiger partial charge in [-0.15, -0.1) is 0 Å². The summed E-state index contributed by atoms with van der Waals surface area (Å²) >= 11 is 0. The molecule has 0 fully saturated rings. The second-order valence-corrected chi connectivity index (χ2v) is 3.93. The van der Waals surface area contributed by atoms with Crippen LogP contribution in [0, 0.1) is 0 Å². The van der Waals surface area contributed by atoms with Crippen LogP contribution in [0.4, 0.5) is 0 Å². The van der Waals surface area contributed by atoms with Crippen molar-refractivity contribution in [1.82, 2.24) is 9.78 Å². The van der Waals surface area contributed by atoms with Crippen molar-refractivity contribution in [3.05, 3.63) is 11.9 Å². The summed E-state index contributed by atoms with van der Waals surface area (Å²) in [5.74, 6) is 0.299. The summed E-state index contributed by atoms with van der Waals surface area (Å²) in [6, 6.07) is 0. The Labute approximate surface area is 73.0 Å². The van der Waals surface area contributed by atoms with E-state index in [2.05, 4.69) is 25.9 Å². The Morgan fingerprint density at radius 3 is 2.33 bits per heavy atom. The third-order valence-electron chi connectivity index (χ3n) is 1.79. The maximum Gasteiger partial charge on any atom is 0.156 e. The molecule has 0 bridgehead atoms. The lowest BCUT2D eigenvalue weighted by Gasteiger charge is -2.18. The van der Waals surface area contributed by atoms with E-state index in [-0.39, 0.29) is 5.54 Å². The molecule has 0 aliphatic heterocycles. The van der Waals surface area contributed by atoms with Gasteiger partial charge >= 0.3 is 0 Å². The third kappa shape index (κ3) is 1.60. The molecular weight excluding hydrogens is 152 g/mol. The maximum absolute atomic E-state index is 9.41. The summed E-state index contributed by atoms with van der Waals surface area (Å²) in [4.78, 5) is 0. The van der Waals surface area contributed by atoms with Gasteiger partial charge in [-0.3, -0.25) is 4.68 Å². The SMILES string of the molecule is CCc1nn(C(C)(C)C)cc1O. The maximum atomic E-state index is 9.41. The van der Waals surface area contributed by atoms with E-state index in [0.717, 1.165) is 12.1 Å². The molecule has 0 amide bonds. The number of aromatic nitrogens is 2. The first-order chi connectivity index (χ1) is 5.45. The highest BCUT2D eigenvalue weighted by atomic mass is 16.3. The molecule has 68 valence electrons. The normalized spacial score (nSPS) is 12.0. The molecule has 0 atom stereocenters. The average molecular weight is 168 g/mol. The third-order valence-corrected chi connectivity index (χ3v) is 1.79.